The number of hydrogen-bond acceptors (Lipinski definition) is 0. The zero-order chi connectivity index (χ0) is 18.5. The van der Waals surface area contributed by atoms with Gasteiger partial charge in [0.15, 0.2) is 0 Å². The van der Waals surface area contributed by atoms with Crippen molar-refractivity contribution >= 4 is 31.8 Å². The van der Waals surface area contributed by atoms with E-state index in [0.29, 0.717) is 0 Å². The first kappa shape index (κ1) is 27.2. The van der Waals surface area contributed by atoms with Crippen LogP contribution in [0.4, 0.5) is 0 Å². The van der Waals surface area contributed by atoms with Crippen LogP contribution in [0.25, 0.3) is 0 Å². The Bertz CT molecular complexity index is 784. The maximum atomic E-state index is 2.52. The van der Waals surface area contributed by atoms with E-state index in [4.69, 9.17) is 0 Å². The van der Waals surface area contributed by atoms with Gasteiger partial charge in [-0.15, -0.1) is 0 Å². The van der Waals surface area contributed by atoms with E-state index in [1.807, 2.05) is 0 Å². The summed E-state index contributed by atoms with van der Waals surface area (Å²) in [4.78, 5) is 0. The van der Waals surface area contributed by atoms with E-state index in [1.54, 1.807) is 15.9 Å². The minimum Gasteiger partial charge on any atom is -0.358 e. The third kappa shape index (κ3) is 6.57. The molecule has 161 valence electrons. The molecule has 4 rings (SSSR count). The van der Waals surface area contributed by atoms with Crippen LogP contribution in [0.2, 0.25) is 0 Å². The summed E-state index contributed by atoms with van der Waals surface area (Å²) in [6.07, 6.45) is 5.72. The quantitative estimate of drug-likeness (QED) is 0.203. The van der Waals surface area contributed by atoms with E-state index in [2.05, 4.69) is 97.9 Å². The molecular weight excluding hydrogens is 489 g/mol. The Labute approximate surface area is 200 Å². The van der Waals surface area contributed by atoms with Crippen molar-refractivity contribution < 1.29 is 19.5 Å². The van der Waals surface area contributed by atoms with E-state index < -0.39 is 15.8 Å². The Morgan fingerprint density at radius 1 is 0.800 bits per heavy atom. The van der Waals surface area contributed by atoms with Crippen molar-refractivity contribution in [2.45, 2.75) is 37.5 Å². The molecule has 1 radical (unpaired) electrons. The van der Waals surface area contributed by atoms with Gasteiger partial charge >= 0.3 is 19.5 Å². The average Bonchev–Trinajstić information content (AvgIpc) is 3.18. The molecule has 1 fully saturated rings. The molecule has 1 aliphatic heterocycles. The van der Waals surface area contributed by atoms with Crippen molar-refractivity contribution in [1.29, 1.82) is 0 Å². The third-order valence-electron chi connectivity index (χ3n) is 5.94. The van der Waals surface area contributed by atoms with Crippen molar-refractivity contribution in [2.24, 2.45) is 0 Å². The average molecular weight is 525 g/mol. The Kier molecular flexibility index (Phi) is 12.3. The van der Waals surface area contributed by atoms with E-state index in [9.17, 15) is 0 Å². The van der Waals surface area contributed by atoms with Gasteiger partial charge in [-0.25, -0.2) is 0 Å². The molecule has 1 heterocycles. The zero-order valence-electron chi connectivity index (χ0n) is 18.5. The SMILES string of the molecule is C[C@H](C[C@H]1CCC[PH+]1c1ccccc1)[PH+](c1ccccc1)c1ccccc1.[CH3-].[CH3-].[Rh+2]. The Morgan fingerprint density at radius 2 is 1.27 bits per heavy atom. The fourth-order valence-corrected chi connectivity index (χ4v) is 11.6. The maximum absolute atomic E-state index is 2.52. The van der Waals surface area contributed by atoms with Crippen LogP contribution >= 0.6 is 15.8 Å². The second-order valence-electron chi connectivity index (χ2n) is 7.76. The summed E-state index contributed by atoms with van der Waals surface area (Å²) >= 11 is 0. The number of rotatable bonds is 6. The fraction of sp³-hybridized carbons (Fsp3) is 0.259. The molecule has 0 aliphatic carbocycles. The summed E-state index contributed by atoms with van der Waals surface area (Å²) in [5.41, 5.74) is 1.69. The van der Waals surface area contributed by atoms with Gasteiger partial charge in [0.1, 0.15) is 0 Å². The first-order valence-electron chi connectivity index (χ1n) is 10.2. The van der Waals surface area contributed by atoms with Crippen LogP contribution in [-0.4, -0.2) is 17.5 Å². The molecule has 1 aliphatic rings. The summed E-state index contributed by atoms with van der Waals surface area (Å²) in [6.45, 7) is 2.52. The summed E-state index contributed by atoms with van der Waals surface area (Å²) in [5.74, 6) is 0. The molecule has 0 bridgehead atoms. The molecule has 0 N–H and O–H groups in total. The molecule has 3 heteroatoms. The van der Waals surface area contributed by atoms with Gasteiger partial charge < -0.3 is 14.9 Å². The number of benzene rings is 3. The molecule has 3 atom stereocenters. The first-order valence-corrected chi connectivity index (χ1v) is 13.6. The van der Waals surface area contributed by atoms with Gasteiger partial charge in [0.05, 0.1) is 41.3 Å². The van der Waals surface area contributed by atoms with Crippen LogP contribution in [-0.2, 0) is 19.5 Å². The summed E-state index contributed by atoms with van der Waals surface area (Å²) in [5, 5.41) is 4.78. The Balaban J connectivity index is 0.00000150. The van der Waals surface area contributed by atoms with Crippen LogP contribution in [0.5, 0.6) is 0 Å². The van der Waals surface area contributed by atoms with Crippen molar-refractivity contribution in [1.82, 2.24) is 0 Å². The summed E-state index contributed by atoms with van der Waals surface area (Å²) < 4.78 is 0. The third-order valence-corrected chi connectivity index (χ3v) is 12.5. The van der Waals surface area contributed by atoms with Crippen molar-refractivity contribution in [3.8, 4) is 0 Å². The molecule has 3 aromatic carbocycles. The van der Waals surface area contributed by atoms with Gasteiger partial charge in [-0.3, -0.25) is 0 Å². The molecule has 0 amide bonds. The summed E-state index contributed by atoms with van der Waals surface area (Å²) in [6, 6.07) is 34.0. The van der Waals surface area contributed by atoms with E-state index in [-0.39, 0.29) is 34.3 Å². The van der Waals surface area contributed by atoms with E-state index in [1.165, 1.54) is 25.4 Å². The van der Waals surface area contributed by atoms with Crippen LogP contribution < -0.4 is 15.9 Å². The summed E-state index contributed by atoms with van der Waals surface area (Å²) in [7, 11) is -1.16. The zero-order valence-corrected chi connectivity index (χ0v) is 22.1. The predicted molar refractivity (Wildman–Crippen MR) is 140 cm³/mol. The van der Waals surface area contributed by atoms with Crippen LogP contribution in [0.3, 0.4) is 0 Å². The molecule has 3 aromatic rings. The second kappa shape index (κ2) is 13.5. The van der Waals surface area contributed by atoms with Gasteiger partial charge in [0.2, 0.25) is 0 Å². The molecule has 1 saturated heterocycles. The molecular formula is C27H36P2Rh+2. The van der Waals surface area contributed by atoms with E-state index in [0.717, 1.165) is 11.3 Å². The van der Waals surface area contributed by atoms with E-state index >= 15 is 0 Å². The van der Waals surface area contributed by atoms with Crippen molar-refractivity contribution in [3.63, 3.8) is 0 Å². The maximum Gasteiger partial charge on any atom is 2.00 e. The Hall–Kier alpha value is -0.857. The minimum absolute atomic E-state index is 0. The van der Waals surface area contributed by atoms with Crippen molar-refractivity contribution in [2.75, 3.05) is 6.16 Å². The van der Waals surface area contributed by atoms with Crippen LogP contribution in [0, 0.1) is 14.9 Å². The van der Waals surface area contributed by atoms with Crippen molar-refractivity contribution in [3.05, 3.63) is 106 Å². The minimum atomic E-state index is -0.753. The standard InChI is InChI=1S/C25H28P2.2CH3.Rh/c1-21(20-25-18-11-19-26(25)22-12-5-2-6-13-22)27(23-14-7-3-8-15-23)24-16-9-4-10-17-24;;;/h2-10,12-17,21,25H,11,18-20H2,1H3;2*1H3;/q;2*-1;+2/p+2/t21-,25-,26?;;;/m1.../s1. The second-order valence-corrected chi connectivity index (χ2v) is 13.7. The van der Waals surface area contributed by atoms with Gasteiger partial charge in [0.25, 0.3) is 0 Å². The number of hydrogen-bond donors (Lipinski definition) is 0. The molecule has 0 aromatic heterocycles. The van der Waals surface area contributed by atoms with Gasteiger partial charge in [0, 0.05) is 14.3 Å². The molecule has 0 saturated carbocycles. The molecule has 30 heavy (non-hydrogen) atoms. The van der Waals surface area contributed by atoms with Crippen LogP contribution in [0.15, 0.2) is 91.0 Å². The first-order chi connectivity index (χ1) is 13.3. The van der Waals surface area contributed by atoms with Gasteiger partial charge in [-0.1, -0.05) is 54.6 Å². The predicted octanol–water partition coefficient (Wildman–Crippen LogP) is 6.23. The van der Waals surface area contributed by atoms with Gasteiger partial charge in [-0.2, -0.15) is 0 Å². The Morgan fingerprint density at radius 3 is 1.77 bits per heavy atom. The largest absolute Gasteiger partial charge is 2.00 e. The molecule has 0 spiro atoms. The molecule has 0 nitrogen and oxygen atoms in total. The molecule has 1 unspecified atom stereocenters. The smallest absolute Gasteiger partial charge is 0.358 e. The topological polar surface area (TPSA) is 0 Å². The van der Waals surface area contributed by atoms with Crippen LogP contribution in [0.1, 0.15) is 26.2 Å². The monoisotopic (exact) mass is 525 g/mol. The fourth-order valence-electron chi connectivity index (χ4n) is 4.73. The normalized spacial score (nSPS) is 18.6. The van der Waals surface area contributed by atoms with Gasteiger partial charge in [-0.05, 0) is 56.2 Å².